The zero-order valence-electron chi connectivity index (χ0n) is 19.1. The van der Waals surface area contributed by atoms with Crippen molar-refractivity contribution >= 4 is 11.6 Å². The Bertz CT molecular complexity index is 957. The fraction of sp³-hybridized carbons (Fsp3) is 0.536. The first-order chi connectivity index (χ1) is 15.8. The van der Waals surface area contributed by atoms with Gasteiger partial charge in [0.1, 0.15) is 0 Å². The molecule has 0 spiro atoms. The maximum absolute atomic E-state index is 13.7. The van der Waals surface area contributed by atoms with Gasteiger partial charge in [0.25, 0.3) is 0 Å². The van der Waals surface area contributed by atoms with Crippen LogP contribution in [0.1, 0.15) is 54.8 Å². The van der Waals surface area contributed by atoms with Gasteiger partial charge in [-0.3, -0.25) is 4.79 Å². The lowest BCUT2D eigenvalue weighted by Crippen LogP contribution is -2.49. The Morgan fingerprint density at radius 3 is 2.34 bits per heavy atom. The summed E-state index contributed by atoms with van der Waals surface area (Å²) in [5.41, 5.74) is 5.28. The van der Waals surface area contributed by atoms with Gasteiger partial charge in [-0.2, -0.15) is 0 Å². The van der Waals surface area contributed by atoms with Gasteiger partial charge in [-0.05, 0) is 85.9 Å². The summed E-state index contributed by atoms with van der Waals surface area (Å²) >= 11 is 0. The monoisotopic (exact) mass is 429 g/mol. The van der Waals surface area contributed by atoms with Gasteiger partial charge in [-0.15, -0.1) is 0 Å². The van der Waals surface area contributed by atoms with E-state index in [1.807, 2.05) is 0 Å². The molecule has 4 nitrogen and oxygen atoms in total. The van der Waals surface area contributed by atoms with Crippen LogP contribution in [0.25, 0.3) is 0 Å². The number of amides is 1. The van der Waals surface area contributed by atoms with E-state index in [0.717, 1.165) is 38.5 Å². The van der Waals surface area contributed by atoms with Crippen LogP contribution in [0.4, 0.5) is 5.69 Å². The van der Waals surface area contributed by atoms with Gasteiger partial charge in [0.15, 0.2) is 0 Å². The molecule has 0 N–H and O–H groups in total. The molecule has 0 saturated carbocycles. The predicted octanol–water partition coefficient (Wildman–Crippen LogP) is 4.49. The van der Waals surface area contributed by atoms with Crippen LogP contribution in [-0.2, 0) is 11.2 Å². The molecule has 2 aromatic carbocycles. The van der Waals surface area contributed by atoms with Crippen LogP contribution in [0.15, 0.2) is 48.5 Å². The minimum atomic E-state index is 0.0427. The molecule has 4 saturated heterocycles. The SMILES string of the molecule is O=C(C[C@@H]1CN2CCC1CC2)N1CCc2ccccc2[C@@H]1c1ccc(N2CCCC2)cc1. The maximum Gasteiger partial charge on any atom is 0.223 e. The summed E-state index contributed by atoms with van der Waals surface area (Å²) in [5, 5.41) is 0. The van der Waals surface area contributed by atoms with Crippen molar-refractivity contribution in [1.29, 1.82) is 0 Å². The molecule has 0 aliphatic carbocycles. The van der Waals surface area contributed by atoms with Gasteiger partial charge >= 0.3 is 0 Å². The van der Waals surface area contributed by atoms with Crippen molar-refractivity contribution < 1.29 is 4.79 Å². The second-order valence-corrected chi connectivity index (χ2v) is 10.3. The Morgan fingerprint density at radius 1 is 0.875 bits per heavy atom. The molecule has 4 fully saturated rings. The maximum atomic E-state index is 13.7. The zero-order valence-corrected chi connectivity index (χ0v) is 19.1. The Hall–Kier alpha value is -2.33. The fourth-order valence-corrected chi connectivity index (χ4v) is 6.70. The molecular formula is C28H35N3O. The minimum absolute atomic E-state index is 0.0427. The summed E-state index contributed by atoms with van der Waals surface area (Å²) in [5.74, 6) is 1.64. The van der Waals surface area contributed by atoms with Crippen LogP contribution in [0.3, 0.4) is 0 Å². The number of nitrogens with zero attached hydrogens (tertiary/aromatic N) is 3. The van der Waals surface area contributed by atoms with Crippen molar-refractivity contribution in [2.75, 3.05) is 44.2 Å². The van der Waals surface area contributed by atoms with E-state index in [0.29, 0.717) is 18.2 Å². The largest absolute Gasteiger partial charge is 0.372 e. The number of anilines is 1. The number of hydrogen-bond acceptors (Lipinski definition) is 3. The number of carbonyl (C=O) groups excluding carboxylic acids is 1. The Morgan fingerprint density at radius 2 is 1.62 bits per heavy atom. The molecule has 32 heavy (non-hydrogen) atoms. The lowest BCUT2D eigenvalue weighted by Gasteiger charge is -2.46. The molecular weight excluding hydrogens is 394 g/mol. The topological polar surface area (TPSA) is 26.8 Å². The molecule has 7 rings (SSSR count). The molecule has 5 aliphatic heterocycles. The average molecular weight is 430 g/mol. The summed E-state index contributed by atoms with van der Waals surface area (Å²) in [7, 11) is 0. The van der Waals surface area contributed by atoms with Crippen molar-refractivity contribution in [3.8, 4) is 0 Å². The van der Waals surface area contributed by atoms with E-state index in [2.05, 4.69) is 63.2 Å². The predicted molar refractivity (Wildman–Crippen MR) is 129 cm³/mol. The molecule has 4 heteroatoms. The third kappa shape index (κ3) is 3.73. The molecule has 0 aromatic heterocycles. The molecule has 2 aromatic rings. The third-order valence-electron chi connectivity index (χ3n) is 8.51. The average Bonchev–Trinajstić information content (AvgIpc) is 3.39. The number of piperidine rings is 3. The van der Waals surface area contributed by atoms with Gasteiger partial charge in [0.2, 0.25) is 5.91 Å². The molecule has 5 heterocycles. The van der Waals surface area contributed by atoms with Crippen LogP contribution >= 0.6 is 0 Å². The van der Waals surface area contributed by atoms with E-state index in [9.17, 15) is 4.79 Å². The Labute approximate surface area is 192 Å². The van der Waals surface area contributed by atoms with E-state index in [1.165, 1.54) is 61.2 Å². The quantitative estimate of drug-likeness (QED) is 0.716. The van der Waals surface area contributed by atoms with Gasteiger partial charge < -0.3 is 14.7 Å². The highest BCUT2D eigenvalue weighted by atomic mass is 16.2. The molecule has 168 valence electrons. The van der Waals surface area contributed by atoms with E-state index in [-0.39, 0.29) is 6.04 Å². The van der Waals surface area contributed by atoms with Gasteiger partial charge in [-0.1, -0.05) is 36.4 Å². The first kappa shape index (κ1) is 20.3. The lowest BCUT2D eigenvalue weighted by molar-refractivity contribution is -0.136. The molecule has 0 radical (unpaired) electrons. The summed E-state index contributed by atoms with van der Waals surface area (Å²) in [6.07, 6.45) is 6.82. The van der Waals surface area contributed by atoms with Crippen molar-refractivity contribution in [3.63, 3.8) is 0 Å². The Balaban J connectivity index is 1.27. The van der Waals surface area contributed by atoms with Crippen molar-refractivity contribution in [1.82, 2.24) is 9.80 Å². The van der Waals surface area contributed by atoms with Crippen LogP contribution in [0.2, 0.25) is 0 Å². The normalized spacial score (nSPS) is 29.2. The summed E-state index contributed by atoms with van der Waals surface area (Å²) in [4.78, 5) is 21.0. The lowest BCUT2D eigenvalue weighted by atomic mass is 9.77. The second-order valence-electron chi connectivity index (χ2n) is 10.3. The number of hydrogen-bond donors (Lipinski definition) is 0. The minimum Gasteiger partial charge on any atom is -0.372 e. The zero-order chi connectivity index (χ0) is 21.5. The second kappa shape index (κ2) is 8.55. The van der Waals surface area contributed by atoms with Gasteiger partial charge in [0, 0.05) is 38.3 Å². The molecule has 2 bridgehead atoms. The fourth-order valence-electron chi connectivity index (χ4n) is 6.70. The van der Waals surface area contributed by atoms with E-state index < -0.39 is 0 Å². The summed E-state index contributed by atoms with van der Waals surface area (Å²) in [6.45, 7) is 6.74. The summed E-state index contributed by atoms with van der Waals surface area (Å²) in [6, 6.07) is 17.9. The number of carbonyl (C=O) groups is 1. The number of rotatable bonds is 4. The summed E-state index contributed by atoms with van der Waals surface area (Å²) < 4.78 is 0. The highest BCUT2D eigenvalue weighted by Gasteiger charge is 2.38. The van der Waals surface area contributed by atoms with Gasteiger partial charge in [0.05, 0.1) is 6.04 Å². The standard InChI is InChI=1S/C28H35N3O/c32-27(19-24-20-29-16-11-21(24)12-17-29)31-18-13-22-5-1-2-6-26(22)28(31)23-7-9-25(10-8-23)30-14-3-4-15-30/h1-2,5-10,21,24,28H,3-4,11-20H2/t24-,28+/m1/s1. The number of fused-ring (bicyclic) bond motifs is 4. The third-order valence-corrected chi connectivity index (χ3v) is 8.51. The van der Waals surface area contributed by atoms with E-state index in [1.54, 1.807) is 0 Å². The van der Waals surface area contributed by atoms with E-state index in [4.69, 9.17) is 0 Å². The molecule has 2 atom stereocenters. The van der Waals surface area contributed by atoms with Crippen LogP contribution in [-0.4, -0.2) is 55.0 Å². The van der Waals surface area contributed by atoms with E-state index >= 15 is 0 Å². The van der Waals surface area contributed by atoms with Crippen LogP contribution in [0.5, 0.6) is 0 Å². The van der Waals surface area contributed by atoms with Crippen molar-refractivity contribution in [3.05, 3.63) is 65.2 Å². The highest BCUT2D eigenvalue weighted by molar-refractivity contribution is 5.78. The smallest absolute Gasteiger partial charge is 0.223 e. The van der Waals surface area contributed by atoms with Crippen molar-refractivity contribution in [2.45, 2.75) is 44.6 Å². The number of benzene rings is 2. The highest BCUT2D eigenvalue weighted by Crippen LogP contribution is 2.39. The van der Waals surface area contributed by atoms with Gasteiger partial charge in [-0.25, -0.2) is 0 Å². The molecule has 0 unspecified atom stereocenters. The first-order valence-electron chi connectivity index (χ1n) is 12.7. The molecule has 1 amide bonds. The molecule has 5 aliphatic rings. The van der Waals surface area contributed by atoms with Crippen molar-refractivity contribution in [2.24, 2.45) is 11.8 Å². The Kier molecular flexibility index (Phi) is 5.42. The first-order valence-corrected chi connectivity index (χ1v) is 12.7. The van der Waals surface area contributed by atoms with Crippen LogP contribution < -0.4 is 4.90 Å². The van der Waals surface area contributed by atoms with Crippen LogP contribution in [0, 0.1) is 11.8 Å².